The molecular formula is C11H5Cl2N5O2S. The van der Waals surface area contributed by atoms with Crippen molar-refractivity contribution in [2.45, 2.75) is 0 Å². The lowest BCUT2D eigenvalue weighted by Crippen LogP contribution is -2.04. The minimum absolute atomic E-state index is 0.183. The van der Waals surface area contributed by atoms with Gasteiger partial charge in [-0.3, -0.25) is 4.98 Å². The summed E-state index contributed by atoms with van der Waals surface area (Å²) in [7, 11) is 0. The van der Waals surface area contributed by atoms with Crippen LogP contribution in [0.5, 0.6) is 0 Å². The number of halogens is 2. The van der Waals surface area contributed by atoms with Gasteiger partial charge in [0.05, 0.1) is 39.9 Å². The first-order valence-corrected chi connectivity index (χ1v) is 6.97. The van der Waals surface area contributed by atoms with Gasteiger partial charge in [0.1, 0.15) is 16.9 Å². The normalized spacial score (nSPS) is 10.8. The van der Waals surface area contributed by atoms with Gasteiger partial charge in [0.2, 0.25) is 0 Å². The summed E-state index contributed by atoms with van der Waals surface area (Å²) in [5, 5.41) is 12.5. The molecule has 0 aliphatic carbocycles. The van der Waals surface area contributed by atoms with E-state index in [1.807, 2.05) is 0 Å². The van der Waals surface area contributed by atoms with Gasteiger partial charge in [0, 0.05) is 0 Å². The second-order valence-corrected chi connectivity index (χ2v) is 5.24. The van der Waals surface area contributed by atoms with E-state index in [4.69, 9.17) is 28.3 Å². The average Bonchev–Trinajstić information content (AvgIpc) is 2.93. The molecule has 106 valence electrons. The predicted molar refractivity (Wildman–Crippen MR) is 79.7 cm³/mol. The van der Waals surface area contributed by atoms with Crippen LogP contribution in [0.15, 0.2) is 18.5 Å². The van der Waals surface area contributed by atoms with Crippen molar-refractivity contribution in [1.82, 2.24) is 18.7 Å². The number of nitrogens with one attached hydrogen (secondary N) is 1. The number of fused-ring (bicyclic) bond motifs is 1. The van der Waals surface area contributed by atoms with Crippen LogP contribution in [0.2, 0.25) is 10.0 Å². The van der Waals surface area contributed by atoms with E-state index >= 15 is 0 Å². The Morgan fingerprint density at radius 3 is 2.71 bits per heavy atom. The fourth-order valence-electron chi connectivity index (χ4n) is 1.65. The number of hydrogen-bond acceptors (Lipinski definition) is 7. The molecule has 0 aliphatic rings. The van der Waals surface area contributed by atoms with Gasteiger partial charge in [-0.05, 0) is 6.07 Å². The molecule has 0 aliphatic heterocycles. The largest absolute Gasteiger partial charge is 0.476 e. The van der Waals surface area contributed by atoms with E-state index in [-0.39, 0.29) is 11.5 Å². The minimum atomic E-state index is -1.17. The predicted octanol–water partition coefficient (Wildman–Crippen LogP) is 3.23. The Balaban J connectivity index is 2.08. The number of carbonyl (C=O) groups is 1. The quantitative estimate of drug-likeness (QED) is 0.753. The zero-order valence-electron chi connectivity index (χ0n) is 10.0. The molecule has 3 rings (SSSR count). The Labute approximate surface area is 131 Å². The number of carboxylic acid groups (broad SMARTS) is 1. The van der Waals surface area contributed by atoms with Crippen molar-refractivity contribution >= 4 is 63.4 Å². The van der Waals surface area contributed by atoms with Crippen LogP contribution in [0.4, 0.5) is 11.5 Å². The number of benzene rings is 1. The molecule has 3 aromatic rings. The summed E-state index contributed by atoms with van der Waals surface area (Å²) in [6.45, 7) is 0. The first-order chi connectivity index (χ1) is 10.1. The topological polar surface area (TPSA) is 101 Å². The summed E-state index contributed by atoms with van der Waals surface area (Å²) in [5.41, 5.74) is 1.26. The molecule has 1 aromatic carbocycles. The SMILES string of the molecule is O=C(O)c1cncc(Nc2c(Cl)cc(Cl)c3nsnc23)n1. The summed E-state index contributed by atoms with van der Waals surface area (Å²) >= 11 is 13.2. The molecule has 0 bridgehead atoms. The van der Waals surface area contributed by atoms with Gasteiger partial charge in [-0.1, -0.05) is 23.2 Å². The fraction of sp³-hybridized carbons (Fsp3) is 0. The molecule has 0 unspecified atom stereocenters. The maximum absolute atomic E-state index is 10.9. The second kappa shape index (κ2) is 5.40. The van der Waals surface area contributed by atoms with Crippen molar-refractivity contribution < 1.29 is 9.90 Å². The highest BCUT2D eigenvalue weighted by molar-refractivity contribution is 7.00. The van der Waals surface area contributed by atoms with Gasteiger partial charge in [0.25, 0.3) is 0 Å². The summed E-state index contributed by atoms with van der Waals surface area (Å²) in [5.74, 6) is -0.942. The van der Waals surface area contributed by atoms with Crippen LogP contribution in [0, 0.1) is 0 Å². The Kier molecular flexibility index (Phi) is 3.58. The number of hydrogen-bond donors (Lipinski definition) is 2. The third-order valence-electron chi connectivity index (χ3n) is 2.55. The minimum Gasteiger partial charge on any atom is -0.476 e. The molecule has 10 heteroatoms. The molecule has 2 heterocycles. The zero-order valence-corrected chi connectivity index (χ0v) is 12.4. The van der Waals surface area contributed by atoms with Gasteiger partial charge in [0.15, 0.2) is 5.69 Å². The highest BCUT2D eigenvalue weighted by Gasteiger charge is 2.15. The highest BCUT2D eigenvalue weighted by atomic mass is 35.5. The fourth-order valence-corrected chi connectivity index (χ4v) is 2.81. The molecule has 0 fully saturated rings. The van der Waals surface area contributed by atoms with Gasteiger partial charge in [-0.2, -0.15) is 8.75 Å². The molecule has 2 N–H and O–H groups in total. The van der Waals surface area contributed by atoms with Crippen LogP contribution in [-0.2, 0) is 0 Å². The molecule has 21 heavy (non-hydrogen) atoms. The number of carboxylic acids is 1. The smallest absolute Gasteiger partial charge is 0.356 e. The zero-order chi connectivity index (χ0) is 15.0. The van der Waals surface area contributed by atoms with Crippen molar-refractivity contribution in [2.24, 2.45) is 0 Å². The number of aromatic nitrogens is 4. The lowest BCUT2D eigenvalue weighted by molar-refractivity contribution is 0.0690. The molecule has 0 saturated carbocycles. The Bertz CT molecular complexity index is 854. The van der Waals surface area contributed by atoms with Crippen LogP contribution in [-0.4, -0.2) is 29.8 Å². The van der Waals surface area contributed by atoms with Gasteiger partial charge in [-0.25, -0.2) is 9.78 Å². The van der Waals surface area contributed by atoms with Crippen molar-refractivity contribution in [3.63, 3.8) is 0 Å². The van der Waals surface area contributed by atoms with Crippen LogP contribution in [0.25, 0.3) is 11.0 Å². The van der Waals surface area contributed by atoms with Crippen molar-refractivity contribution in [3.8, 4) is 0 Å². The monoisotopic (exact) mass is 341 g/mol. The molecule has 0 amide bonds. The van der Waals surface area contributed by atoms with E-state index in [0.717, 1.165) is 17.9 Å². The Hall–Kier alpha value is -2.03. The highest BCUT2D eigenvalue weighted by Crippen LogP contribution is 2.36. The van der Waals surface area contributed by atoms with Crippen molar-refractivity contribution in [3.05, 3.63) is 34.2 Å². The number of aromatic carboxylic acids is 1. The molecule has 0 atom stereocenters. The molecular weight excluding hydrogens is 337 g/mol. The van der Waals surface area contributed by atoms with E-state index in [1.54, 1.807) is 0 Å². The van der Waals surface area contributed by atoms with E-state index < -0.39 is 5.97 Å². The third kappa shape index (κ3) is 2.60. The van der Waals surface area contributed by atoms with Crippen LogP contribution in [0.1, 0.15) is 10.5 Å². The summed E-state index contributed by atoms with van der Waals surface area (Å²) < 4.78 is 8.21. The van der Waals surface area contributed by atoms with Crippen LogP contribution >= 0.6 is 34.9 Å². The molecule has 0 saturated heterocycles. The molecule has 0 radical (unpaired) electrons. The van der Waals surface area contributed by atoms with Gasteiger partial charge >= 0.3 is 5.97 Å². The van der Waals surface area contributed by atoms with Crippen LogP contribution in [0.3, 0.4) is 0 Å². The van der Waals surface area contributed by atoms with E-state index in [2.05, 4.69) is 24.0 Å². The summed E-state index contributed by atoms with van der Waals surface area (Å²) in [6.07, 6.45) is 2.53. The number of anilines is 2. The molecule has 0 spiro atoms. The van der Waals surface area contributed by atoms with E-state index in [0.29, 0.717) is 26.8 Å². The lowest BCUT2D eigenvalue weighted by Gasteiger charge is -2.08. The van der Waals surface area contributed by atoms with Gasteiger partial charge < -0.3 is 10.4 Å². The summed E-state index contributed by atoms with van der Waals surface area (Å²) in [4.78, 5) is 18.6. The second-order valence-electron chi connectivity index (χ2n) is 3.90. The average molecular weight is 342 g/mol. The Morgan fingerprint density at radius 1 is 1.19 bits per heavy atom. The third-order valence-corrected chi connectivity index (χ3v) is 3.67. The van der Waals surface area contributed by atoms with Crippen molar-refractivity contribution in [1.29, 1.82) is 0 Å². The summed E-state index contributed by atoms with van der Waals surface area (Å²) in [6, 6.07) is 1.53. The number of rotatable bonds is 3. The lowest BCUT2D eigenvalue weighted by atomic mass is 10.2. The maximum Gasteiger partial charge on any atom is 0.356 e. The Morgan fingerprint density at radius 2 is 1.95 bits per heavy atom. The standard InChI is InChI=1S/C11H5Cl2N5O2S/c12-4-1-5(13)9-10(18-21-17-9)8(4)16-7-3-14-2-6(15-7)11(19)20/h1-3H,(H,15,16)(H,19,20). The van der Waals surface area contributed by atoms with Crippen molar-refractivity contribution in [2.75, 3.05) is 5.32 Å². The maximum atomic E-state index is 10.9. The van der Waals surface area contributed by atoms with Gasteiger partial charge in [-0.15, -0.1) is 0 Å². The van der Waals surface area contributed by atoms with E-state index in [9.17, 15) is 4.79 Å². The molecule has 2 aromatic heterocycles. The van der Waals surface area contributed by atoms with Crippen LogP contribution < -0.4 is 5.32 Å². The molecule has 7 nitrogen and oxygen atoms in total. The first kappa shape index (κ1) is 13.9. The number of nitrogens with zero attached hydrogens (tertiary/aromatic N) is 4. The first-order valence-electron chi connectivity index (χ1n) is 5.49. The van der Waals surface area contributed by atoms with E-state index in [1.165, 1.54) is 12.3 Å².